The third kappa shape index (κ3) is 17.8. The van der Waals surface area contributed by atoms with E-state index in [1.807, 2.05) is 16.5 Å². The van der Waals surface area contributed by atoms with E-state index in [2.05, 4.69) is 23.5 Å². The summed E-state index contributed by atoms with van der Waals surface area (Å²) in [7, 11) is 0.461. The van der Waals surface area contributed by atoms with Crippen LogP contribution >= 0.6 is 0 Å². The Kier molecular flexibility index (Phi) is 34.5. The van der Waals surface area contributed by atoms with E-state index in [1.54, 1.807) is 36.9 Å². The summed E-state index contributed by atoms with van der Waals surface area (Å²) >= 11 is 0. The number of hydrogen-bond donors (Lipinski definition) is 5. The molecule has 0 spiro atoms. The van der Waals surface area contributed by atoms with Crippen molar-refractivity contribution in [1.82, 2.24) is 19.2 Å². The van der Waals surface area contributed by atoms with Gasteiger partial charge < -0.3 is 55.0 Å². The van der Waals surface area contributed by atoms with Crippen LogP contribution in [0.5, 0.6) is 0 Å². The zero-order chi connectivity index (χ0) is 44.1. The van der Waals surface area contributed by atoms with E-state index in [0.717, 1.165) is 122 Å². The van der Waals surface area contributed by atoms with Crippen LogP contribution in [0.4, 0.5) is 0 Å². The molecule has 16 nitrogen and oxygen atoms in total. The maximum atomic E-state index is 12.0. The molecule has 4 fully saturated rings. The van der Waals surface area contributed by atoms with Crippen LogP contribution in [0.25, 0.3) is 0 Å². The largest absolute Gasteiger partial charge is 1.00 e. The summed E-state index contributed by atoms with van der Waals surface area (Å²) in [6.07, 6.45) is 16.2. The predicted molar refractivity (Wildman–Crippen MR) is 246 cm³/mol. The summed E-state index contributed by atoms with van der Waals surface area (Å²) in [6.45, 7) is 16.1. The topological polar surface area (TPSA) is 210 Å². The molecule has 0 amide bonds. The monoisotopic (exact) mass is 879 g/mol. The second-order valence-corrected chi connectivity index (χ2v) is 16.3. The van der Waals surface area contributed by atoms with Crippen molar-refractivity contribution >= 4 is 69.8 Å². The van der Waals surface area contributed by atoms with E-state index in [9.17, 15) is 39.3 Å². The zero-order valence-electron chi connectivity index (χ0n) is 39.2. The van der Waals surface area contributed by atoms with E-state index in [-0.39, 0.29) is 68.6 Å². The number of nitrogens with zero attached hydrogens (tertiary/aromatic N) is 4. The SMILES string of the molecule is C.CCCCC1(C(=O)OC)CCCN1B(C)O.CCCCC1(C(=O)OO)CCCN1B(C)O.CCCCC1(C=O)CCCN1B(C)O.COC(=O)C1CCCN1B(C)O.[AlH3].[H-].[Li+]. The van der Waals surface area contributed by atoms with Crippen LogP contribution in [0.3, 0.4) is 0 Å². The molecule has 4 rings (SSSR count). The standard InChI is InChI=1S/C11H22BNO3.C10H20BNO4.C10H20BNO2.C7H14BNO3.CH4.Al.Li.4H/c1-4-5-7-11(10(14)16-3)8-6-9-13(11)12(2)15;1-3-4-6-10(9(13)16-15)7-5-8-12(10)11(2)14;1-3-4-6-10(9-13)7-5-8-12(10)11(2)14;1-8(11)9-5-3-4-6(9)7(10)12-2;;;;;;;/h15H,4-9H2,1-3H3;14-15H,3-8H2,1-2H3;9,14H,3-8H2,1-2H3;6,11H,3-5H2,1-2H3;1H4;;;;;;/q;;;;;;+1;;;;-1. The van der Waals surface area contributed by atoms with Gasteiger partial charge in [-0.3, -0.25) is 14.5 Å². The minimum atomic E-state index is -0.834. The Bertz CT molecular complexity index is 1200. The predicted octanol–water partition coefficient (Wildman–Crippen LogP) is 0.0554. The molecular formula is C39H84AlB4LiN4O12. The van der Waals surface area contributed by atoms with Crippen molar-refractivity contribution in [2.24, 2.45) is 0 Å². The van der Waals surface area contributed by atoms with Crippen LogP contribution in [-0.4, -0.2) is 177 Å². The Balaban J connectivity index is -0.000000356. The molecule has 4 aliphatic heterocycles. The van der Waals surface area contributed by atoms with Gasteiger partial charge in [0.25, 0.3) is 0 Å². The number of unbranched alkanes of at least 4 members (excludes halogenated alkanes) is 3. The molecule has 4 saturated heterocycles. The molecule has 0 aliphatic carbocycles. The zero-order valence-corrected chi connectivity index (χ0v) is 38.2. The van der Waals surface area contributed by atoms with E-state index in [1.165, 1.54) is 14.2 Å². The minimum Gasteiger partial charge on any atom is -1.00 e. The number of methoxy groups -OCH3 is 2. The molecule has 0 radical (unpaired) electrons. The van der Waals surface area contributed by atoms with E-state index in [0.29, 0.717) is 19.4 Å². The maximum absolute atomic E-state index is 12.0. The number of ether oxygens (including phenoxy) is 2. The fourth-order valence-corrected chi connectivity index (χ4v) is 9.32. The van der Waals surface area contributed by atoms with Gasteiger partial charge in [0.05, 0.1) is 19.8 Å². The van der Waals surface area contributed by atoms with Crippen molar-refractivity contribution in [1.29, 1.82) is 0 Å². The second kappa shape index (κ2) is 32.7. The Labute approximate surface area is 394 Å². The number of esters is 2. The smallest absolute Gasteiger partial charge is 1.00 e. The molecule has 4 unspecified atom stereocenters. The van der Waals surface area contributed by atoms with Crippen LogP contribution in [0.15, 0.2) is 0 Å². The molecule has 348 valence electrons. The Morgan fingerprint density at radius 1 is 0.672 bits per heavy atom. The summed E-state index contributed by atoms with van der Waals surface area (Å²) < 4.78 is 9.55. The molecule has 22 heteroatoms. The number of rotatable bonds is 17. The van der Waals surface area contributed by atoms with Crippen LogP contribution in [-0.2, 0) is 33.5 Å². The Morgan fingerprint density at radius 3 is 1.48 bits per heavy atom. The van der Waals surface area contributed by atoms with Gasteiger partial charge in [-0.25, -0.2) is 4.79 Å². The van der Waals surface area contributed by atoms with Gasteiger partial charge in [0.2, 0.25) is 0 Å². The van der Waals surface area contributed by atoms with Crippen molar-refractivity contribution in [3.8, 4) is 0 Å². The van der Waals surface area contributed by atoms with Crippen LogP contribution in [0.1, 0.15) is 139 Å². The van der Waals surface area contributed by atoms with Gasteiger partial charge in [-0.15, -0.1) is 0 Å². The van der Waals surface area contributed by atoms with Gasteiger partial charge in [0.15, 0.2) is 17.4 Å². The summed E-state index contributed by atoms with van der Waals surface area (Å²) in [5.41, 5.74) is -1.79. The van der Waals surface area contributed by atoms with Gasteiger partial charge in [-0.05, 0) is 124 Å². The Hall–Kier alpha value is -0.890. The van der Waals surface area contributed by atoms with E-state index in [4.69, 9.17) is 9.99 Å². The summed E-state index contributed by atoms with van der Waals surface area (Å²) in [4.78, 5) is 57.3. The number of carbonyl (C=O) groups excluding carboxylic acids is 4. The quantitative estimate of drug-likeness (QED) is 0.0327. The first-order valence-electron chi connectivity index (χ1n) is 21.8. The van der Waals surface area contributed by atoms with Gasteiger partial charge in [-0.1, -0.05) is 66.7 Å². The summed E-state index contributed by atoms with van der Waals surface area (Å²) in [5, 5.41) is 46.9. The van der Waals surface area contributed by atoms with E-state index < -0.39 is 45.2 Å². The normalized spacial score (nSPS) is 24.7. The molecule has 5 N–H and O–H groups in total. The second-order valence-electron chi connectivity index (χ2n) is 16.3. The average molecular weight is 878 g/mol. The number of aldehydes is 1. The molecular weight excluding hydrogens is 794 g/mol. The molecule has 61 heavy (non-hydrogen) atoms. The van der Waals surface area contributed by atoms with Gasteiger partial charge in [0, 0.05) is 0 Å². The molecule has 0 aromatic heterocycles. The summed E-state index contributed by atoms with van der Waals surface area (Å²) in [5.74, 6) is -1.08. The molecule has 0 aromatic rings. The van der Waals surface area contributed by atoms with Gasteiger partial charge in [0.1, 0.15) is 23.4 Å². The van der Waals surface area contributed by atoms with Crippen molar-refractivity contribution in [3.05, 3.63) is 0 Å². The van der Waals surface area contributed by atoms with Crippen LogP contribution in [0, 0.1) is 0 Å². The average Bonchev–Trinajstić information content (AvgIpc) is 4.04. The number of carbonyl (C=O) groups is 4. The fraction of sp³-hybridized carbons (Fsp3) is 0.897. The van der Waals surface area contributed by atoms with Crippen LogP contribution < -0.4 is 18.9 Å². The molecule has 0 saturated carbocycles. The van der Waals surface area contributed by atoms with Crippen molar-refractivity contribution in [2.75, 3.05) is 40.4 Å². The van der Waals surface area contributed by atoms with Crippen LogP contribution in [0.2, 0.25) is 27.3 Å². The molecule has 4 atom stereocenters. The van der Waals surface area contributed by atoms with Gasteiger partial charge in [-0.2, -0.15) is 5.26 Å². The third-order valence-corrected chi connectivity index (χ3v) is 12.4. The van der Waals surface area contributed by atoms with Gasteiger partial charge >= 0.3 is 65.0 Å². The molecule has 4 heterocycles. The summed E-state index contributed by atoms with van der Waals surface area (Å²) in [6, 6.07) is -0.241. The van der Waals surface area contributed by atoms with Crippen molar-refractivity contribution < 1.29 is 79.2 Å². The minimum absolute atomic E-state index is 0. The number of hydrogen-bond acceptors (Lipinski definition) is 16. The van der Waals surface area contributed by atoms with Crippen molar-refractivity contribution in [2.45, 2.75) is 187 Å². The molecule has 4 aliphatic rings. The molecule has 0 bridgehead atoms. The third-order valence-electron chi connectivity index (χ3n) is 12.4. The molecule has 0 aromatic carbocycles. The fourth-order valence-electron chi connectivity index (χ4n) is 9.32. The van der Waals surface area contributed by atoms with E-state index >= 15 is 0 Å². The first-order chi connectivity index (χ1) is 27.5. The first kappa shape index (κ1) is 64.4. The first-order valence-corrected chi connectivity index (χ1v) is 21.8. The maximum Gasteiger partial charge on any atom is 1.00 e. The van der Waals surface area contributed by atoms with Crippen molar-refractivity contribution in [3.63, 3.8) is 0 Å². The Morgan fingerprint density at radius 2 is 1.10 bits per heavy atom.